The van der Waals surface area contributed by atoms with E-state index >= 15 is 0 Å². The largest absolute Gasteiger partial charge is 0.332 e. The summed E-state index contributed by atoms with van der Waals surface area (Å²) < 4.78 is 3.06. The van der Waals surface area contributed by atoms with Crippen molar-refractivity contribution in [3.05, 3.63) is 28.0 Å². The highest BCUT2D eigenvalue weighted by atomic mass is 79.9. The van der Waals surface area contributed by atoms with Crippen LogP contribution in [-0.4, -0.2) is 21.1 Å². The molecule has 3 heterocycles. The molecule has 2 aromatic heterocycles. The SMILES string of the molecule is Cn1c2c(c3ccc(Br)nc31)CN(N)CC2. The zero-order valence-corrected chi connectivity index (χ0v) is 10.7. The molecular formula is C11H13BrN4. The summed E-state index contributed by atoms with van der Waals surface area (Å²) in [4.78, 5) is 4.53. The number of hydrogen-bond donors (Lipinski definition) is 1. The van der Waals surface area contributed by atoms with Crippen molar-refractivity contribution in [1.29, 1.82) is 0 Å². The third kappa shape index (κ3) is 1.39. The average Bonchev–Trinajstić information content (AvgIpc) is 2.52. The minimum Gasteiger partial charge on any atom is -0.332 e. The summed E-state index contributed by atoms with van der Waals surface area (Å²) in [6.07, 6.45) is 0.996. The Bertz CT molecular complexity index is 561. The van der Waals surface area contributed by atoms with Crippen LogP contribution in [0.2, 0.25) is 0 Å². The highest BCUT2D eigenvalue weighted by Gasteiger charge is 2.21. The molecule has 1 aliphatic rings. The fourth-order valence-electron chi connectivity index (χ4n) is 2.43. The Labute approximate surface area is 102 Å². The van der Waals surface area contributed by atoms with Crippen molar-refractivity contribution in [3.63, 3.8) is 0 Å². The van der Waals surface area contributed by atoms with E-state index in [2.05, 4.69) is 38.6 Å². The first-order valence-corrected chi connectivity index (χ1v) is 6.08. The van der Waals surface area contributed by atoms with Gasteiger partial charge in [0.1, 0.15) is 10.3 Å². The first kappa shape index (κ1) is 10.3. The van der Waals surface area contributed by atoms with Crippen molar-refractivity contribution >= 4 is 27.0 Å². The normalized spacial score (nSPS) is 16.7. The van der Waals surface area contributed by atoms with Crippen molar-refractivity contribution in [2.45, 2.75) is 13.0 Å². The zero-order valence-electron chi connectivity index (χ0n) is 9.07. The van der Waals surface area contributed by atoms with Crippen LogP contribution < -0.4 is 5.84 Å². The lowest BCUT2D eigenvalue weighted by molar-refractivity contribution is 0.261. The molecule has 2 N–H and O–H groups in total. The molecule has 0 amide bonds. The summed E-state index contributed by atoms with van der Waals surface area (Å²) >= 11 is 3.41. The van der Waals surface area contributed by atoms with Crippen LogP contribution in [0.1, 0.15) is 11.3 Å². The maximum absolute atomic E-state index is 5.87. The molecule has 2 aromatic rings. The second-order valence-electron chi connectivity index (χ2n) is 4.21. The maximum atomic E-state index is 5.87. The Balaban J connectivity index is 2.32. The van der Waals surface area contributed by atoms with Crippen LogP contribution in [0.25, 0.3) is 11.0 Å². The molecule has 0 atom stereocenters. The summed E-state index contributed by atoms with van der Waals surface area (Å²) in [5.74, 6) is 5.87. The number of pyridine rings is 1. The monoisotopic (exact) mass is 280 g/mol. The van der Waals surface area contributed by atoms with Crippen molar-refractivity contribution in [3.8, 4) is 0 Å². The second kappa shape index (κ2) is 3.55. The van der Waals surface area contributed by atoms with Gasteiger partial charge < -0.3 is 4.57 Å². The predicted octanol–water partition coefficient (Wildman–Crippen LogP) is 1.57. The highest BCUT2D eigenvalue weighted by molar-refractivity contribution is 9.10. The van der Waals surface area contributed by atoms with E-state index in [4.69, 9.17) is 5.84 Å². The number of rotatable bonds is 0. The van der Waals surface area contributed by atoms with Gasteiger partial charge in [-0.05, 0) is 33.6 Å². The summed E-state index contributed by atoms with van der Waals surface area (Å²) in [7, 11) is 2.08. The van der Waals surface area contributed by atoms with Gasteiger partial charge in [0.2, 0.25) is 0 Å². The zero-order chi connectivity index (χ0) is 11.3. The molecule has 0 aliphatic carbocycles. The summed E-state index contributed by atoms with van der Waals surface area (Å²) in [5, 5.41) is 3.08. The second-order valence-corrected chi connectivity index (χ2v) is 5.02. The van der Waals surface area contributed by atoms with Gasteiger partial charge in [0.15, 0.2) is 0 Å². The topological polar surface area (TPSA) is 47.1 Å². The number of hydrogen-bond acceptors (Lipinski definition) is 3. The van der Waals surface area contributed by atoms with Crippen LogP contribution in [0, 0.1) is 0 Å². The van der Waals surface area contributed by atoms with Crippen LogP contribution in [0.5, 0.6) is 0 Å². The number of nitrogens with zero attached hydrogens (tertiary/aromatic N) is 3. The Morgan fingerprint density at radius 2 is 2.25 bits per heavy atom. The fraction of sp³-hybridized carbons (Fsp3) is 0.364. The Morgan fingerprint density at radius 3 is 3.06 bits per heavy atom. The Kier molecular flexibility index (Phi) is 2.27. The van der Waals surface area contributed by atoms with E-state index in [1.54, 1.807) is 0 Å². The molecule has 0 radical (unpaired) electrons. The van der Waals surface area contributed by atoms with E-state index in [9.17, 15) is 0 Å². The number of fused-ring (bicyclic) bond motifs is 3. The number of aromatic nitrogens is 2. The number of nitrogens with two attached hydrogens (primary N) is 1. The summed E-state index contributed by atoms with van der Waals surface area (Å²) in [5.41, 5.74) is 3.73. The van der Waals surface area contributed by atoms with Crippen molar-refractivity contribution < 1.29 is 0 Å². The van der Waals surface area contributed by atoms with Crippen LogP contribution in [0.3, 0.4) is 0 Å². The number of halogens is 1. The molecule has 0 saturated heterocycles. The molecule has 16 heavy (non-hydrogen) atoms. The first-order valence-electron chi connectivity index (χ1n) is 5.29. The minimum absolute atomic E-state index is 0.815. The van der Waals surface area contributed by atoms with Crippen molar-refractivity contribution in [1.82, 2.24) is 14.6 Å². The van der Waals surface area contributed by atoms with Gasteiger partial charge in [0, 0.05) is 37.6 Å². The molecule has 84 valence electrons. The molecule has 0 fully saturated rings. The van der Waals surface area contributed by atoms with Gasteiger partial charge in [-0.2, -0.15) is 0 Å². The van der Waals surface area contributed by atoms with Crippen molar-refractivity contribution in [2.75, 3.05) is 6.54 Å². The highest BCUT2D eigenvalue weighted by Crippen LogP contribution is 2.29. The van der Waals surface area contributed by atoms with Gasteiger partial charge in [0.05, 0.1) is 0 Å². The van der Waals surface area contributed by atoms with E-state index in [0.717, 1.165) is 29.8 Å². The molecule has 0 aromatic carbocycles. The maximum Gasteiger partial charge on any atom is 0.141 e. The quantitative estimate of drug-likeness (QED) is 0.589. The molecule has 0 unspecified atom stereocenters. The van der Waals surface area contributed by atoms with Crippen molar-refractivity contribution in [2.24, 2.45) is 12.9 Å². The number of hydrazine groups is 1. The molecule has 4 nitrogen and oxygen atoms in total. The standard InChI is InChI=1S/C11H13BrN4/c1-15-9-4-5-16(13)6-8(9)7-2-3-10(12)14-11(7)15/h2-3H,4-6,13H2,1H3. The van der Waals surface area contributed by atoms with Crippen LogP contribution in [0.4, 0.5) is 0 Å². The first-order chi connectivity index (χ1) is 7.66. The smallest absolute Gasteiger partial charge is 0.141 e. The van der Waals surface area contributed by atoms with E-state index in [0.29, 0.717) is 0 Å². The van der Waals surface area contributed by atoms with Gasteiger partial charge in [-0.25, -0.2) is 9.99 Å². The van der Waals surface area contributed by atoms with Crippen LogP contribution in [0.15, 0.2) is 16.7 Å². The molecule has 0 spiro atoms. The van der Waals surface area contributed by atoms with Gasteiger partial charge in [-0.15, -0.1) is 0 Å². The van der Waals surface area contributed by atoms with E-state index < -0.39 is 0 Å². The lowest BCUT2D eigenvalue weighted by Gasteiger charge is -2.22. The third-order valence-electron chi connectivity index (χ3n) is 3.23. The van der Waals surface area contributed by atoms with E-state index in [-0.39, 0.29) is 0 Å². The van der Waals surface area contributed by atoms with Crippen LogP contribution in [-0.2, 0) is 20.0 Å². The Morgan fingerprint density at radius 1 is 1.44 bits per heavy atom. The summed E-state index contributed by atoms with van der Waals surface area (Å²) in [6, 6.07) is 4.10. The van der Waals surface area contributed by atoms with Gasteiger partial charge in [0.25, 0.3) is 0 Å². The lowest BCUT2D eigenvalue weighted by Crippen LogP contribution is -2.36. The fourth-order valence-corrected chi connectivity index (χ4v) is 2.73. The van der Waals surface area contributed by atoms with Gasteiger partial charge in [-0.3, -0.25) is 5.84 Å². The predicted molar refractivity (Wildman–Crippen MR) is 66.7 cm³/mol. The average molecular weight is 281 g/mol. The summed E-state index contributed by atoms with van der Waals surface area (Å²) in [6.45, 7) is 1.73. The minimum atomic E-state index is 0.815. The Hall–Kier alpha value is -0.910. The molecule has 3 rings (SSSR count). The molecule has 0 bridgehead atoms. The molecule has 1 aliphatic heterocycles. The van der Waals surface area contributed by atoms with Gasteiger partial charge in [-0.1, -0.05) is 0 Å². The third-order valence-corrected chi connectivity index (χ3v) is 3.68. The number of aryl methyl sites for hydroxylation is 1. The van der Waals surface area contributed by atoms with E-state index in [1.165, 1.54) is 16.6 Å². The molecule has 0 saturated carbocycles. The molecule has 5 heteroatoms. The lowest BCUT2D eigenvalue weighted by atomic mass is 10.1. The van der Waals surface area contributed by atoms with Crippen LogP contribution >= 0.6 is 15.9 Å². The molecular weight excluding hydrogens is 268 g/mol. The van der Waals surface area contributed by atoms with Gasteiger partial charge >= 0.3 is 0 Å². The van der Waals surface area contributed by atoms with E-state index in [1.807, 2.05) is 11.1 Å².